The first-order chi connectivity index (χ1) is 8.06. The Bertz CT molecular complexity index is 524. The summed E-state index contributed by atoms with van der Waals surface area (Å²) in [5, 5.41) is 0. The number of halogens is 3. The predicted molar refractivity (Wildman–Crippen MR) is 60.3 cm³/mol. The van der Waals surface area contributed by atoms with Crippen LogP contribution in [0, 0.1) is 24.4 Å². The molecule has 0 aromatic heterocycles. The van der Waals surface area contributed by atoms with Crippen LogP contribution in [0.4, 0.5) is 13.2 Å². The second kappa shape index (κ2) is 4.62. The molecule has 0 fully saturated rings. The van der Waals surface area contributed by atoms with Crippen molar-refractivity contribution in [2.75, 3.05) is 0 Å². The van der Waals surface area contributed by atoms with Gasteiger partial charge in [0.2, 0.25) is 0 Å². The van der Waals surface area contributed by atoms with Gasteiger partial charge in [0.25, 0.3) is 0 Å². The summed E-state index contributed by atoms with van der Waals surface area (Å²) in [6, 6.07) is 8.29. The number of rotatable bonds is 2. The first-order valence-electron chi connectivity index (χ1n) is 5.25. The van der Waals surface area contributed by atoms with E-state index in [9.17, 15) is 13.2 Å². The van der Waals surface area contributed by atoms with Gasteiger partial charge in [0.05, 0.1) is 0 Å². The minimum absolute atomic E-state index is 0.0267. The van der Waals surface area contributed by atoms with Gasteiger partial charge in [-0.1, -0.05) is 12.1 Å². The summed E-state index contributed by atoms with van der Waals surface area (Å²) in [6.45, 7) is 1.62. The summed E-state index contributed by atoms with van der Waals surface area (Å²) < 4.78 is 40.1. The normalized spacial score (nSPS) is 10.6. The Labute approximate surface area is 97.7 Å². The molecule has 2 aromatic carbocycles. The fourth-order valence-electron chi connectivity index (χ4n) is 1.75. The molecule has 0 heterocycles. The van der Waals surface area contributed by atoms with Crippen LogP contribution in [0.5, 0.6) is 0 Å². The molecule has 0 saturated carbocycles. The van der Waals surface area contributed by atoms with Gasteiger partial charge in [0.15, 0.2) is 0 Å². The maximum absolute atomic E-state index is 13.6. The van der Waals surface area contributed by atoms with Crippen LogP contribution in [-0.4, -0.2) is 0 Å². The largest absolute Gasteiger partial charge is 0.207 e. The lowest BCUT2D eigenvalue weighted by atomic mass is 10.0. The number of aryl methyl sites for hydroxylation is 1. The molecular weight excluding hydrogens is 225 g/mol. The van der Waals surface area contributed by atoms with E-state index >= 15 is 0 Å². The molecule has 0 aliphatic rings. The molecular formula is C14H11F3. The zero-order chi connectivity index (χ0) is 12.4. The number of benzene rings is 2. The van der Waals surface area contributed by atoms with E-state index in [0.717, 1.165) is 0 Å². The molecule has 17 heavy (non-hydrogen) atoms. The molecule has 3 heteroatoms. The third-order valence-corrected chi connectivity index (χ3v) is 2.56. The highest BCUT2D eigenvalue weighted by Crippen LogP contribution is 2.19. The molecule has 0 amide bonds. The van der Waals surface area contributed by atoms with E-state index < -0.39 is 17.5 Å². The smallest absolute Gasteiger partial charge is 0.129 e. The maximum atomic E-state index is 13.6. The highest BCUT2D eigenvalue weighted by atomic mass is 19.1. The molecule has 0 N–H and O–H groups in total. The fourth-order valence-corrected chi connectivity index (χ4v) is 1.75. The molecule has 0 saturated heterocycles. The van der Waals surface area contributed by atoms with Crippen molar-refractivity contribution in [3.8, 4) is 0 Å². The summed E-state index contributed by atoms with van der Waals surface area (Å²) in [6.07, 6.45) is 0.0513. The van der Waals surface area contributed by atoms with Gasteiger partial charge in [-0.15, -0.1) is 0 Å². The first kappa shape index (κ1) is 11.7. The van der Waals surface area contributed by atoms with E-state index in [1.54, 1.807) is 13.0 Å². The van der Waals surface area contributed by atoms with Gasteiger partial charge in [-0.25, -0.2) is 13.2 Å². The molecule has 0 aliphatic carbocycles. The Kier molecular flexibility index (Phi) is 3.18. The first-order valence-corrected chi connectivity index (χ1v) is 5.25. The van der Waals surface area contributed by atoms with Crippen molar-refractivity contribution in [2.45, 2.75) is 13.3 Å². The van der Waals surface area contributed by atoms with Crippen LogP contribution in [-0.2, 0) is 6.42 Å². The van der Waals surface area contributed by atoms with E-state index in [1.165, 1.54) is 30.3 Å². The lowest BCUT2D eigenvalue weighted by Gasteiger charge is -2.06. The van der Waals surface area contributed by atoms with Crippen LogP contribution in [0.2, 0.25) is 0 Å². The van der Waals surface area contributed by atoms with E-state index in [2.05, 4.69) is 0 Å². The molecule has 0 bridgehead atoms. The summed E-state index contributed by atoms with van der Waals surface area (Å²) in [5.41, 5.74) is 1.05. The fraction of sp³-hybridized carbons (Fsp3) is 0.143. The summed E-state index contributed by atoms with van der Waals surface area (Å²) in [7, 11) is 0. The average molecular weight is 236 g/mol. The predicted octanol–water partition coefficient (Wildman–Crippen LogP) is 4.00. The van der Waals surface area contributed by atoms with Crippen LogP contribution >= 0.6 is 0 Å². The SMILES string of the molecule is Cc1cc(F)c(Cc2cccc(F)c2)c(F)c1. The van der Waals surface area contributed by atoms with Gasteiger partial charge in [-0.2, -0.15) is 0 Å². The molecule has 0 radical (unpaired) electrons. The molecule has 88 valence electrons. The second-order valence-electron chi connectivity index (χ2n) is 4.01. The van der Waals surface area contributed by atoms with Crippen molar-refractivity contribution < 1.29 is 13.2 Å². The van der Waals surface area contributed by atoms with Crippen molar-refractivity contribution >= 4 is 0 Å². The maximum Gasteiger partial charge on any atom is 0.129 e. The van der Waals surface area contributed by atoms with E-state index in [0.29, 0.717) is 11.1 Å². The van der Waals surface area contributed by atoms with Gasteiger partial charge in [0.1, 0.15) is 17.5 Å². The highest BCUT2D eigenvalue weighted by Gasteiger charge is 2.10. The molecule has 0 atom stereocenters. The standard InChI is InChI=1S/C14H11F3/c1-9-5-13(16)12(14(17)6-9)8-10-3-2-4-11(15)7-10/h2-7H,8H2,1H3. The Morgan fingerprint density at radius 3 is 2.18 bits per heavy atom. The number of hydrogen-bond donors (Lipinski definition) is 0. The average Bonchev–Trinajstić information content (AvgIpc) is 2.23. The molecule has 2 rings (SSSR count). The van der Waals surface area contributed by atoms with E-state index in [4.69, 9.17) is 0 Å². The third-order valence-electron chi connectivity index (χ3n) is 2.56. The van der Waals surface area contributed by atoms with E-state index in [1.807, 2.05) is 0 Å². The molecule has 2 aromatic rings. The van der Waals surface area contributed by atoms with Crippen LogP contribution in [0.3, 0.4) is 0 Å². The van der Waals surface area contributed by atoms with Crippen molar-refractivity contribution in [1.29, 1.82) is 0 Å². The van der Waals surface area contributed by atoms with Crippen LogP contribution in [0.15, 0.2) is 36.4 Å². The van der Waals surface area contributed by atoms with Gasteiger partial charge in [0, 0.05) is 12.0 Å². The zero-order valence-electron chi connectivity index (χ0n) is 9.31. The van der Waals surface area contributed by atoms with Crippen molar-refractivity contribution in [3.63, 3.8) is 0 Å². The Morgan fingerprint density at radius 2 is 1.59 bits per heavy atom. The zero-order valence-corrected chi connectivity index (χ0v) is 9.31. The quantitative estimate of drug-likeness (QED) is 0.739. The van der Waals surface area contributed by atoms with E-state index in [-0.39, 0.29) is 12.0 Å². The van der Waals surface area contributed by atoms with Gasteiger partial charge in [-0.3, -0.25) is 0 Å². The Hall–Kier alpha value is -1.77. The minimum atomic E-state index is -0.591. The van der Waals surface area contributed by atoms with Crippen molar-refractivity contribution in [1.82, 2.24) is 0 Å². The second-order valence-corrected chi connectivity index (χ2v) is 4.01. The third kappa shape index (κ3) is 2.67. The lowest BCUT2D eigenvalue weighted by molar-refractivity contribution is 0.559. The van der Waals surface area contributed by atoms with Gasteiger partial charge >= 0.3 is 0 Å². The Balaban J connectivity index is 2.36. The van der Waals surface area contributed by atoms with Crippen LogP contribution in [0.25, 0.3) is 0 Å². The lowest BCUT2D eigenvalue weighted by Crippen LogP contribution is -1.98. The van der Waals surface area contributed by atoms with Gasteiger partial charge in [-0.05, 0) is 42.3 Å². The topological polar surface area (TPSA) is 0 Å². The molecule has 0 unspecified atom stereocenters. The molecule has 0 spiro atoms. The molecule has 0 nitrogen and oxygen atoms in total. The molecule has 0 aliphatic heterocycles. The summed E-state index contributed by atoms with van der Waals surface area (Å²) in [4.78, 5) is 0. The number of hydrogen-bond acceptors (Lipinski definition) is 0. The Morgan fingerprint density at radius 1 is 0.941 bits per heavy atom. The van der Waals surface area contributed by atoms with Crippen LogP contribution < -0.4 is 0 Å². The van der Waals surface area contributed by atoms with Gasteiger partial charge < -0.3 is 0 Å². The van der Waals surface area contributed by atoms with Crippen molar-refractivity contribution in [2.24, 2.45) is 0 Å². The summed E-state index contributed by atoms with van der Waals surface area (Å²) >= 11 is 0. The monoisotopic (exact) mass is 236 g/mol. The van der Waals surface area contributed by atoms with Crippen LogP contribution in [0.1, 0.15) is 16.7 Å². The summed E-state index contributed by atoms with van der Waals surface area (Å²) in [5.74, 6) is -1.59. The minimum Gasteiger partial charge on any atom is -0.207 e. The van der Waals surface area contributed by atoms with Crippen molar-refractivity contribution in [3.05, 3.63) is 70.5 Å². The highest BCUT2D eigenvalue weighted by molar-refractivity contribution is 5.31.